The van der Waals surface area contributed by atoms with Crippen LogP contribution in [-0.4, -0.2) is 23.4 Å². The number of aliphatic imine (C=N–C) groups is 3. The average molecular weight is 655 g/mol. The van der Waals surface area contributed by atoms with Crippen LogP contribution in [0.5, 0.6) is 0 Å². The molecule has 4 nitrogen and oxygen atoms in total. The number of hydrogen-bond donors (Lipinski definition) is 0. The minimum Gasteiger partial charge on any atom is -0.261 e. The van der Waals surface area contributed by atoms with E-state index in [9.17, 15) is 0 Å². The number of para-hydroxylation sites is 1. The Morgan fingerprint density at radius 1 is 0.490 bits per heavy atom. The van der Waals surface area contributed by atoms with Gasteiger partial charge in [0, 0.05) is 28.3 Å². The molecule has 8 rings (SSSR count). The Kier molecular flexibility index (Phi) is 8.87. The summed E-state index contributed by atoms with van der Waals surface area (Å²) in [5, 5.41) is 3.44. The van der Waals surface area contributed by atoms with Crippen molar-refractivity contribution in [2.75, 3.05) is 0 Å². The lowest BCUT2D eigenvalue weighted by atomic mass is 9.92. The average Bonchev–Trinajstić information content (AvgIpc) is 3.21. The van der Waals surface area contributed by atoms with Gasteiger partial charge < -0.3 is 0 Å². The Balaban J connectivity index is 1.26. The van der Waals surface area contributed by atoms with Gasteiger partial charge in [-0.25, -0.2) is 9.98 Å². The zero-order valence-electron chi connectivity index (χ0n) is 28.0. The second-order valence-corrected chi connectivity index (χ2v) is 12.4. The minimum absolute atomic E-state index is 0.468. The van der Waals surface area contributed by atoms with E-state index in [1.807, 2.05) is 48.7 Å². The van der Waals surface area contributed by atoms with Crippen molar-refractivity contribution in [1.29, 1.82) is 0 Å². The zero-order chi connectivity index (χ0) is 34.4. The maximum Gasteiger partial charge on any atom is 0.161 e. The van der Waals surface area contributed by atoms with Gasteiger partial charge in [0.05, 0.1) is 12.1 Å². The molecule has 0 aliphatic heterocycles. The fourth-order valence-corrected chi connectivity index (χ4v) is 6.55. The Morgan fingerprint density at radius 2 is 1.12 bits per heavy atom. The van der Waals surface area contributed by atoms with Gasteiger partial charge in [0.2, 0.25) is 0 Å². The third-order valence-electron chi connectivity index (χ3n) is 9.10. The number of hydrogen-bond acceptors (Lipinski definition) is 2. The molecule has 0 saturated carbocycles. The van der Waals surface area contributed by atoms with Crippen LogP contribution in [0, 0.1) is 0 Å². The summed E-state index contributed by atoms with van der Waals surface area (Å²) in [6.07, 6.45) is 1.84. The molecule has 51 heavy (non-hydrogen) atoms. The summed E-state index contributed by atoms with van der Waals surface area (Å²) in [4.78, 5) is 19.5. The lowest BCUT2D eigenvalue weighted by molar-refractivity contribution is 1.06. The van der Waals surface area contributed by atoms with E-state index in [4.69, 9.17) is 15.0 Å². The normalized spacial score (nSPS) is 11.9. The van der Waals surface area contributed by atoms with E-state index in [1.54, 1.807) is 0 Å². The van der Waals surface area contributed by atoms with Gasteiger partial charge in [-0.3, -0.25) is 9.98 Å². The molecule has 0 radical (unpaired) electrons. The monoisotopic (exact) mass is 654 g/mol. The summed E-state index contributed by atoms with van der Waals surface area (Å²) >= 11 is 0. The predicted molar refractivity (Wildman–Crippen MR) is 215 cm³/mol. The molecule has 0 amide bonds. The number of amidine groups is 2. The number of pyridine rings is 1. The van der Waals surface area contributed by atoms with E-state index in [2.05, 4.69) is 145 Å². The number of fused-ring (bicyclic) bond motifs is 2. The summed E-state index contributed by atoms with van der Waals surface area (Å²) < 4.78 is 0. The maximum atomic E-state index is 5.13. The molecular weight excluding hydrogens is 621 g/mol. The van der Waals surface area contributed by atoms with Gasteiger partial charge in [-0.05, 0) is 75.1 Å². The number of nitrogens with zero attached hydrogens (tertiary/aromatic N) is 4. The molecule has 0 bridgehead atoms. The molecule has 8 aromatic rings. The highest BCUT2D eigenvalue weighted by Crippen LogP contribution is 2.35. The Labute approximate surface area is 297 Å². The van der Waals surface area contributed by atoms with Gasteiger partial charge in [-0.2, -0.15) is 0 Å². The number of benzene rings is 7. The predicted octanol–water partition coefficient (Wildman–Crippen LogP) is 11.5. The molecular formula is C47H34N4. The van der Waals surface area contributed by atoms with E-state index in [-0.39, 0.29) is 0 Å². The first-order valence-corrected chi connectivity index (χ1v) is 17.0. The topological polar surface area (TPSA) is 50.0 Å². The highest BCUT2D eigenvalue weighted by Gasteiger charge is 2.15. The van der Waals surface area contributed by atoms with Crippen molar-refractivity contribution in [1.82, 2.24) is 4.98 Å². The van der Waals surface area contributed by atoms with Crippen molar-refractivity contribution < 1.29 is 0 Å². The van der Waals surface area contributed by atoms with Crippen molar-refractivity contribution >= 4 is 40.1 Å². The fourth-order valence-electron chi connectivity index (χ4n) is 6.55. The Bertz CT molecular complexity index is 2440. The zero-order valence-corrected chi connectivity index (χ0v) is 28.0. The third-order valence-corrected chi connectivity index (χ3v) is 9.10. The van der Waals surface area contributed by atoms with Crippen molar-refractivity contribution in [3.63, 3.8) is 0 Å². The lowest BCUT2D eigenvalue weighted by Crippen LogP contribution is -2.06. The SMILES string of the molecule is C=NC(=NC(=NCc1ccc(-c2ccccc2)cc1)c1ccccc1)c1cc(-c2cccc3ccccc23)cc(-c2cccc3cccnc23)c1. The Morgan fingerprint density at radius 3 is 1.90 bits per heavy atom. The number of rotatable bonds is 7. The molecule has 0 aliphatic carbocycles. The smallest absolute Gasteiger partial charge is 0.161 e. The van der Waals surface area contributed by atoms with Gasteiger partial charge in [-0.15, -0.1) is 0 Å². The first-order chi connectivity index (χ1) is 25.2. The number of aromatic nitrogens is 1. The largest absolute Gasteiger partial charge is 0.261 e. The second kappa shape index (κ2) is 14.4. The molecule has 1 heterocycles. The van der Waals surface area contributed by atoms with E-state index in [1.165, 1.54) is 21.9 Å². The standard InChI is InChI=1S/C47H34N4/c1-48-46(51-47(38-16-6-3-7-17-38)50-32-33-24-26-35(27-25-33)34-13-4-2-5-14-34)41-30-39(43-22-10-18-36-15-8-9-21-42(36)43)29-40(31-41)44-23-11-19-37-20-12-28-49-45(37)44/h2-31H,1,32H2. The second-order valence-electron chi connectivity index (χ2n) is 12.4. The maximum absolute atomic E-state index is 5.13. The lowest BCUT2D eigenvalue weighted by Gasteiger charge is -2.14. The van der Waals surface area contributed by atoms with Crippen molar-refractivity contribution in [3.05, 3.63) is 199 Å². The minimum atomic E-state index is 0.468. The van der Waals surface area contributed by atoms with Crippen LogP contribution < -0.4 is 0 Å². The summed E-state index contributed by atoms with van der Waals surface area (Å²) in [7, 11) is 0. The van der Waals surface area contributed by atoms with Gasteiger partial charge >= 0.3 is 0 Å². The van der Waals surface area contributed by atoms with E-state index in [0.717, 1.165) is 49.8 Å². The first kappa shape index (κ1) is 31.5. The molecule has 4 heteroatoms. The molecule has 0 aliphatic rings. The summed E-state index contributed by atoms with van der Waals surface area (Å²) in [5.74, 6) is 1.09. The highest BCUT2D eigenvalue weighted by molar-refractivity contribution is 6.14. The molecule has 242 valence electrons. The third kappa shape index (κ3) is 6.76. The van der Waals surface area contributed by atoms with Crippen LogP contribution in [0.3, 0.4) is 0 Å². The van der Waals surface area contributed by atoms with Crippen molar-refractivity contribution in [3.8, 4) is 33.4 Å². The summed E-state index contributed by atoms with van der Waals surface area (Å²) in [6.45, 7) is 4.47. The summed E-state index contributed by atoms with van der Waals surface area (Å²) in [6, 6.07) is 60.8. The van der Waals surface area contributed by atoms with Gasteiger partial charge in [0.25, 0.3) is 0 Å². The Hall–Kier alpha value is -6.78. The van der Waals surface area contributed by atoms with E-state index >= 15 is 0 Å². The van der Waals surface area contributed by atoms with Gasteiger partial charge in [0.1, 0.15) is 0 Å². The first-order valence-electron chi connectivity index (χ1n) is 17.0. The summed E-state index contributed by atoms with van der Waals surface area (Å²) in [5.41, 5.74) is 10.4. The van der Waals surface area contributed by atoms with Crippen molar-refractivity contribution in [2.45, 2.75) is 6.54 Å². The quantitative estimate of drug-likeness (QED) is 0.125. The molecule has 0 saturated heterocycles. The van der Waals surface area contributed by atoms with Crippen LogP contribution >= 0.6 is 0 Å². The van der Waals surface area contributed by atoms with Crippen LogP contribution in [-0.2, 0) is 6.54 Å². The molecule has 0 spiro atoms. The van der Waals surface area contributed by atoms with Crippen molar-refractivity contribution in [2.24, 2.45) is 15.0 Å². The van der Waals surface area contributed by atoms with Crippen LogP contribution in [0.2, 0.25) is 0 Å². The molecule has 1 aromatic heterocycles. The molecule has 0 atom stereocenters. The van der Waals surface area contributed by atoms with Crippen LogP contribution in [0.1, 0.15) is 16.7 Å². The van der Waals surface area contributed by atoms with Gasteiger partial charge in [0.15, 0.2) is 11.7 Å². The van der Waals surface area contributed by atoms with Crippen LogP contribution in [0.15, 0.2) is 197 Å². The molecule has 0 unspecified atom stereocenters. The van der Waals surface area contributed by atoms with E-state index < -0.39 is 0 Å². The molecule has 0 fully saturated rings. The highest BCUT2D eigenvalue weighted by atomic mass is 15.0. The van der Waals surface area contributed by atoms with Crippen LogP contribution in [0.4, 0.5) is 0 Å². The molecule has 0 N–H and O–H groups in total. The fraction of sp³-hybridized carbons (Fsp3) is 0.0213. The van der Waals surface area contributed by atoms with E-state index in [0.29, 0.717) is 18.2 Å². The van der Waals surface area contributed by atoms with Gasteiger partial charge in [-0.1, -0.05) is 152 Å². The van der Waals surface area contributed by atoms with Crippen LogP contribution in [0.25, 0.3) is 55.1 Å². The molecule has 7 aromatic carbocycles.